The molecule has 2 N–H and O–H groups in total. The van der Waals surface area contributed by atoms with Crippen molar-refractivity contribution in [2.24, 2.45) is 0 Å². The van der Waals surface area contributed by atoms with E-state index in [1.54, 1.807) is 0 Å². The number of carbonyl (C=O) groups is 3. The maximum absolute atomic E-state index is 12.3. The average molecular weight is 289 g/mol. The summed E-state index contributed by atoms with van der Waals surface area (Å²) in [5.74, 6) is -1.40. The van der Waals surface area contributed by atoms with E-state index in [0.717, 1.165) is 4.90 Å². The number of aliphatic carboxylic acids is 1. The molecule has 0 aliphatic heterocycles. The summed E-state index contributed by atoms with van der Waals surface area (Å²) in [6.45, 7) is 2.15. The van der Waals surface area contributed by atoms with Crippen LogP contribution in [0.2, 0.25) is 0 Å². The second-order valence-electron chi connectivity index (χ2n) is 4.19. The van der Waals surface area contributed by atoms with Gasteiger partial charge in [-0.05, 0) is 6.42 Å². The van der Waals surface area contributed by atoms with Crippen LogP contribution in [0.4, 0.5) is 4.79 Å². The molecule has 0 unspecified atom stereocenters. The van der Waals surface area contributed by atoms with Crippen LogP contribution in [0, 0.1) is 0 Å². The molecule has 0 saturated heterocycles. The molecule has 0 atom stereocenters. The van der Waals surface area contributed by atoms with Crippen molar-refractivity contribution >= 4 is 17.9 Å². The highest BCUT2D eigenvalue weighted by Gasteiger charge is 2.23. The van der Waals surface area contributed by atoms with Gasteiger partial charge in [0.1, 0.15) is 13.1 Å². The summed E-state index contributed by atoms with van der Waals surface area (Å²) in [6, 6.07) is -0.477. The molecule has 0 saturated carbocycles. The zero-order chi connectivity index (χ0) is 15.5. The topological polar surface area (TPSA) is 99.2 Å². The quantitative estimate of drug-likeness (QED) is 0.601. The molecule has 0 bridgehead atoms. The Morgan fingerprint density at radius 1 is 1.15 bits per heavy atom. The van der Waals surface area contributed by atoms with E-state index in [1.165, 1.54) is 19.1 Å². The third-order valence-electron chi connectivity index (χ3n) is 2.54. The lowest BCUT2D eigenvalue weighted by atomic mass is 10.4. The number of carbonyl (C=O) groups excluding carboxylic acids is 2. The van der Waals surface area contributed by atoms with Crippen LogP contribution in [0.5, 0.6) is 0 Å². The van der Waals surface area contributed by atoms with E-state index in [-0.39, 0.29) is 25.6 Å². The first kappa shape index (κ1) is 18.2. The Labute approximate surface area is 118 Å². The molecule has 0 radical (unpaired) electrons. The van der Waals surface area contributed by atoms with Gasteiger partial charge in [-0.3, -0.25) is 9.59 Å². The Hall–Kier alpha value is -1.83. The standard InChI is InChI=1S/C12H23N3O5/c1-4-5-14(8-10(16)13-2)12(19)15(6-7-20-3)9-11(17)18/h4-9H2,1-3H3,(H,13,16)(H,17,18). The molecule has 0 aliphatic carbocycles. The predicted octanol–water partition coefficient (Wildman–Crippen LogP) is -0.403. The fraction of sp³-hybridized carbons (Fsp3) is 0.750. The number of carboxylic acids is 1. The number of likely N-dealkylation sites (N-methyl/N-ethyl adjacent to an activating group) is 1. The smallest absolute Gasteiger partial charge is 0.323 e. The number of methoxy groups -OCH3 is 1. The van der Waals surface area contributed by atoms with Crippen LogP contribution in [-0.4, -0.2) is 79.8 Å². The molecular weight excluding hydrogens is 266 g/mol. The van der Waals surface area contributed by atoms with E-state index in [0.29, 0.717) is 13.0 Å². The highest BCUT2D eigenvalue weighted by Crippen LogP contribution is 2.01. The number of carboxylic acid groups (broad SMARTS) is 1. The lowest BCUT2D eigenvalue weighted by Crippen LogP contribution is -2.49. The number of urea groups is 1. The van der Waals surface area contributed by atoms with Crippen LogP contribution in [0.15, 0.2) is 0 Å². The van der Waals surface area contributed by atoms with Gasteiger partial charge in [-0.1, -0.05) is 6.92 Å². The number of nitrogens with zero attached hydrogens (tertiary/aromatic N) is 2. The Kier molecular flexibility index (Phi) is 9.10. The lowest BCUT2D eigenvalue weighted by molar-refractivity contribution is -0.137. The van der Waals surface area contributed by atoms with Crippen LogP contribution in [0.25, 0.3) is 0 Å². The number of hydrogen-bond donors (Lipinski definition) is 2. The van der Waals surface area contributed by atoms with E-state index >= 15 is 0 Å². The van der Waals surface area contributed by atoms with E-state index in [9.17, 15) is 14.4 Å². The summed E-state index contributed by atoms with van der Waals surface area (Å²) < 4.78 is 4.86. The summed E-state index contributed by atoms with van der Waals surface area (Å²) in [4.78, 5) is 37.0. The van der Waals surface area contributed by atoms with E-state index in [4.69, 9.17) is 9.84 Å². The molecule has 0 spiro atoms. The van der Waals surface area contributed by atoms with Crippen molar-refractivity contribution in [2.45, 2.75) is 13.3 Å². The summed E-state index contributed by atoms with van der Waals surface area (Å²) >= 11 is 0. The van der Waals surface area contributed by atoms with Crippen molar-refractivity contribution in [3.05, 3.63) is 0 Å². The second-order valence-corrected chi connectivity index (χ2v) is 4.19. The zero-order valence-corrected chi connectivity index (χ0v) is 12.2. The Bertz CT molecular complexity index is 331. The first-order valence-corrected chi connectivity index (χ1v) is 6.41. The third kappa shape index (κ3) is 6.93. The maximum atomic E-state index is 12.3. The maximum Gasteiger partial charge on any atom is 0.323 e. The summed E-state index contributed by atoms with van der Waals surface area (Å²) in [5, 5.41) is 11.3. The van der Waals surface area contributed by atoms with Crippen LogP contribution in [-0.2, 0) is 14.3 Å². The van der Waals surface area contributed by atoms with Crippen molar-refractivity contribution in [3.63, 3.8) is 0 Å². The molecule has 0 aliphatic rings. The molecular formula is C12H23N3O5. The fourth-order valence-electron chi connectivity index (χ4n) is 1.57. The van der Waals surface area contributed by atoms with Gasteiger partial charge in [0.05, 0.1) is 6.61 Å². The van der Waals surface area contributed by atoms with Crippen molar-refractivity contribution in [1.29, 1.82) is 0 Å². The first-order valence-electron chi connectivity index (χ1n) is 6.41. The number of amides is 3. The minimum absolute atomic E-state index is 0.0910. The van der Waals surface area contributed by atoms with E-state index in [1.807, 2.05) is 6.92 Å². The van der Waals surface area contributed by atoms with Gasteiger partial charge in [-0.25, -0.2) is 4.79 Å². The number of nitrogens with one attached hydrogen (secondary N) is 1. The molecule has 0 aromatic heterocycles. The molecule has 8 heteroatoms. The number of rotatable bonds is 9. The minimum Gasteiger partial charge on any atom is -0.480 e. The van der Waals surface area contributed by atoms with Gasteiger partial charge in [0.25, 0.3) is 0 Å². The van der Waals surface area contributed by atoms with Crippen LogP contribution in [0.1, 0.15) is 13.3 Å². The predicted molar refractivity (Wildman–Crippen MR) is 72.4 cm³/mol. The molecule has 0 heterocycles. The SMILES string of the molecule is CCCN(CC(=O)NC)C(=O)N(CCOC)CC(=O)O. The lowest BCUT2D eigenvalue weighted by Gasteiger charge is -2.29. The van der Waals surface area contributed by atoms with Gasteiger partial charge in [0.2, 0.25) is 5.91 Å². The molecule has 0 aromatic carbocycles. The molecule has 3 amide bonds. The second kappa shape index (κ2) is 10.0. The Balaban J connectivity index is 4.82. The molecule has 8 nitrogen and oxygen atoms in total. The van der Waals surface area contributed by atoms with Gasteiger partial charge >= 0.3 is 12.0 Å². The summed E-state index contributed by atoms with van der Waals surface area (Å²) in [7, 11) is 2.95. The van der Waals surface area contributed by atoms with Crippen LogP contribution in [0.3, 0.4) is 0 Å². The van der Waals surface area contributed by atoms with Gasteiger partial charge in [-0.2, -0.15) is 0 Å². The van der Waals surface area contributed by atoms with Crippen molar-refractivity contribution in [3.8, 4) is 0 Å². The Morgan fingerprint density at radius 3 is 2.20 bits per heavy atom. The highest BCUT2D eigenvalue weighted by atomic mass is 16.5. The van der Waals surface area contributed by atoms with Gasteiger partial charge in [-0.15, -0.1) is 0 Å². The molecule has 0 rings (SSSR count). The molecule has 116 valence electrons. The normalized spacial score (nSPS) is 9.95. The average Bonchev–Trinajstić information content (AvgIpc) is 2.41. The third-order valence-corrected chi connectivity index (χ3v) is 2.54. The fourth-order valence-corrected chi connectivity index (χ4v) is 1.57. The Morgan fingerprint density at radius 2 is 1.75 bits per heavy atom. The summed E-state index contributed by atoms with van der Waals surface area (Å²) in [6.07, 6.45) is 0.675. The zero-order valence-electron chi connectivity index (χ0n) is 12.2. The van der Waals surface area contributed by atoms with Crippen LogP contribution < -0.4 is 5.32 Å². The monoisotopic (exact) mass is 289 g/mol. The van der Waals surface area contributed by atoms with E-state index in [2.05, 4.69) is 5.32 Å². The van der Waals surface area contributed by atoms with Gasteiger partial charge in [0.15, 0.2) is 0 Å². The number of ether oxygens (including phenoxy) is 1. The minimum atomic E-state index is -1.11. The first-order chi connectivity index (χ1) is 9.46. The van der Waals surface area contributed by atoms with Gasteiger partial charge < -0.3 is 25.0 Å². The van der Waals surface area contributed by atoms with Crippen LogP contribution >= 0.6 is 0 Å². The van der Waals surface area contributed by atoms with Crippen molar-refractivity contribution in [2.75, 3.05) is 46.9 Å². The largest absolute Gasteiger partial charge is 0.480 e. The molecule has 0 aromatic rings. The van der Waals surface area contributed by atoms with E-state index < -0.39 is 18.5 Å². The highest BCUT2D eigenvalue weighted by molar-refractivity contribution is 5.85. The molecule has 20 heavy (non-hydrogen) atoms. The van der Waals surface area contributed by atoms with Gasteiger partial charge in [0, 0.05) is 27.2 Å². The molecule has 0 fully saturated rings. The number of hydrogen-bond acceptors (Lipinski definition) is 4. The van der Waals surface area contributed by atoms with Crippen molar-refractivity contribution < 1.29 is 24.2 Å². The van der Waals surface area contributed by atoms with Crippen molar-refractivity contribution in [1.82, 2.24) is 15.1 Å². The summed E-state index contributed by atoms with van der Waals surface area (Å²) in [5.41, 5.74) is 0.